The molecular formula is C104H156ClN5O30. The van der Waals surface area contributed by atoms with Gasteiger partial charge >= 0.3 is 11.9 Å². The molecule has 1 aromatic heterocycles. The maximum atomic E-state index is 14.4. The Balaban J connectivity index is 0.000000190. The molecule has 2 aliphatic carbocycles. The van der Waals surface area contributed by atoms with Crippen LogP contribution in [0.5, 0.6) is 0 Å². The third kappa shape index (κ3) is 24.8. The van der Waals surface area contributed by atoms with E-state index in [2.05, 4.69) is 96.8 Å². The third-order valence-corrected chi connectivity index (χ3v) is 31.8. The zero-order valence-electron chi connectivity index (χ0n) is 85.1. The first kappa shape index (κ1) is 110. The molecule has 11 saturated heterocycles. The SMILES string of the molecule is CCC(C)[C@H]1O[C@]2(CC[C@@H]1C)CC1C[C@@H](C/C=C(\C)[C@@H](O[C@H]3C[C@H](OC)[C@@H](OC4C[C@H](OC)[C@@H](O)[C@H](C)O4)[C@H](C)O3)[C@@H](C)/C=C/C=C3\CO[C@@H]4[C@H](O)C(C)=C[C@@H](C(=O)O1)[C@]34O)O2.CO[C@H]1CC(O[C@H]2[C@H](C)O[C@@H](O[C@@H]3/C(C)=C/C[C@@H]4CC(C[C@]5(CC[C@H](C)[C@@H](C(C)C)O5)O4)OC(=O)[C@@H]4C=C(C)[C@@H](O)[C@H]5OC/C(=C\C=C\[C@@H]3C)[C@]54O)C[C@@H]2OC)O[C@@H](C)[C@@H]1O.O=[N+]([O-])/N=C1\NCCN1Cc1ccc(Cl)nc1. The molecule has 0 amide bonds. The maximum absolute atomic E-state index is 14.4. The van der Waals surface area contributed by atoms with E-state index in [4.69, 9.17) is 106 Å². The first-order valence-corrected chi connectivity index (χ1v) is 51.1. The highest BCUT2D eigenvalue weighted by Crippen LogP contribution is 2.52. The average Bonchev–Trinajstić information content (AvgIpc) is 1.55. The van der Waals surface area contributed by atoms with Crippen LogP contribution in [0.15, 0.2) is 118 Å². The highest BCUT2D eigenvalue weighted by atomic mass is 35.5. The molecule has 36 heteroatoms. The van der Waals surface area contributed by atoms with Gasteiger partial charge in [0.25, 0.3) is 5.96 Å². The van der Waals surface area contributed by atoms with E-state index in [0.717, 1.165) is 36.0 Å². The number of fused-ring (bicyclic) bond motifs is 4. The van der Waals surface area contributed by atoms with Gasteiger partial charge in [0.1, 0.15) is 94.3 Å². The van der Waals surface area contributed by atoms with Crippen LogP contribution < -0.4 is 5.32 Å². The van der Waals surface area contributed by atoms with Gasteiger partial charge in [-0.25, -0.2) is 15.1 Å². The van der Waals surface area contributed by atoms with Crippen LogP contribution in [0, 0.1) is 57.5 Å². The number of carbonyl (C=O) groups excluding carboxylic acids is 2. The standard InChI is InChI=1S/C48H74O14.C47H72O14.C9H10ClN5O2/c1-11-25(2)43-28(5)17-18-47(62-43)23-34-20-33(61-47)16-15-27(4)42(26(3)13-12-14-32-24-55-45-40(49)29(6)19-35(46(51)58-34)48(32,45)52)59-39-22-37(54-10)44(31(8)57-39)60-38-21-36(53-9)41(50)30(7)56-38;1-24(2)41-27(5)16-17-46(61-41)22-33-19-32(60-46)15-14-26(4)42(25(3)12-11-13-31-23-54-44-39(48)28(6)18-34(45(50)57-33)47(31,44)51)58-38-21-36(53-10)43(30(8)56-38)59-37-20-35(52-9)40(49)29(7)55-37;10-8-2-1-7(5-12-8)6-14-4-3-11-9(14)13-15(16)17/h12-15,19,25-26,28,30-31,33-45,49-50,52H,11,16-18,20-24H2,1-10H3;11-14,18,24-25,27,29-30,32-44,48-49,51H,15-17,19-23H2,1-10H3;1-2,5H,3-4,6H2,(H,11,13)/b13-12+,27-15+,32-14+;12-11+,26-14+,31-13+;/t25?,26-,28-,30-,31-,33+,34?,35-,36-,37-,38?,39-,40+,41-,42-,43+,44-,45+,47+,48+;25-,27-,29-,30-,32+,33?,34-,35-,36-,37?,38-,39+,40-,41+,42-,43-,44+,46+,47+;/m00./s1. The van der Waals surface area contributed by atoms with E-state index >= 15 is 0 Å². The van der Waals surface area contributed by atoms with Crippen LogP contribution >= 0.6 is 11.6 Å². The predicted octanol–water partition coefficient (Wildman–Crippen LogP) is 11.5. The largest absolute Gasteiger partial charge is 0.462 e. The normalized spacial score (nSPS) is 45.6. The minimum atomic E-state index is -1.82. The molecule has 11 fully saturated rings. The second kappa shape index (κ2) is 47.5. The van der Waals surface area contributed by atoms with E-state index in [1.807, 2.05) is 44.2 Å². The molecule has 140 heavy (non-hydrogen) atoms. The minimum Gasteiger partial charge on any atom is -0.462 e. The van der Waals surface area contributed by atoms with Crippen LogP contribution in [0.2, 0.25) is 5.15 Å². The predicted molar refractivity (Wildman–Crippen MR) is 512 cm³/mol. The zero-order chi connectivity index (χ0) is 101. The van der Waals surface area contributed by atoms with Gasteiger partial charge in [-0.15, -0.1) is 0 Å². The summed E-state index contributed by atoms with van der Waals surface area (Å²) in [4.78, 5) is 44.7. The van der Waals surface area contributed by atoms with E-state index in [1.165, 1.54) is 0 Å². The summed E-state index contributed by atoms with van der Waals surface area (Å²) in [7, 11) is 6.45. The lowest BCUT2D eigenvalue weighted by Crippen LogP contribution is -2.58. The highest BCUT2D eigenvalue weighted by Gasteiger charge is 2.63. The van der Waals surface area contributed by atoms with E-state index in [1.54, 1.807) is 97.6 Å². The molecular weight excluding hydrogens is 1830 g/mol. The summed E-state index contributed by atoms with van der Waals surface area (Å²) >= 11 is 5.68. The van der Waals surface area contributed by atoms with E-state index in [9.17, 15) is 50.3 Å². The van der Waals surface area contributed by atoms with Crippen LogP contribution in [0.25, 0.3) is 0 Å². The van der Waals surface area contributed by atoms with Crippen molar-refractivity contribution in [1.29, 1.82) is 0 Å². The quantitative estimate of drug-likeness (QED) is 0.0236. The van der Waals surface area contributed by atoms with Crippen molar-refractivity contribution in [2.45, 2.75) is 408 Å². The van der Waals surface area contributed by atoms with Gasteiger partial charge in [0.05, 0.1) is 98.7 Å². The van der Waals surface area contributed by atoms with E-state index < -0.39 is 187 Å². The molecule has 13 aliphatic heterocycles. The number of pyridine rings is 1. The van der Waals surface area contributed by atoms with Gasteiger partial charge in [-0.1, -0.05) is 140 Å². The van der Waals surface area contributed by atoms with Crippen molar-refractivity contribution in [3.8, 4) is 0 Å². The molecule has 4 bridgehead atoms. The summed E-state index contributed by atoms with van der Waals surface area (Å²) in [6.07, 6.45) is 13.7. The number of esters is 2. The number of carbonyl (C=O) groups is 2. The van der Waals surface area contributed by atoms with Crippen molar-refractivity contribution >= 4 is 29.5 Å². The van der Waals surface area contributed by atoms with Gasteiger partial charge in [-0.3, -0.25) is 9.59 Å². The average molecular weight is 1990 g/mol. The fourth-order valence-corrected chi connectivity index (χ4v) is 23.5. The molecule has 0 aromatic carbocycles. The highest BCUT2D eigenvalue weighted by molar-refractivity contribution is 6.29. The van der Waals surface area contributed by atoms with Crippen LogP contribution in [-0.2, 0) is 111 Å². The Bertz CT molecular complexity index is 4630. The Labute approximate surface area is 829 Å². The fourth-order valence-electron chi connectivity index (χ4n) is 23.4. The third-order valence-electron chi connectivity index (χ3n) is 31.6. The molecule has 39 atom stereocenters. The number of aliphatic hydroxyl groups excluding tert-OH is 4. The summed E-state index contributed by atoms with van der Waals surface area (Å²) in [5, 5.41) is 84.6. The number of halogens is 1. The Kier molecular flexibility index (Phi) is 37.2. The van der Waals surface area contributed by atoms with Crippen molar-refractivity contribution in [1.82, 2.24) is 15.2 Å². The number of aliphatic hydroxyl groups is 6. The lowest BCUT2D eigenvalue weighted by atomic mass is 9.71. The molecule has 15 aliphatic rings. The Morgan fingerprint density at radius 2 is 1.01 bits per heavy atom. The number of aromatic nitrogens is 1. The number of guanidine groups is 1. The maximum Gasteiger partial charge on any atom is 0.316 e. The van der Waals surface area contributed by atoms with Crippen molar-refractivity contribution < 1.29 is 140 Å². The number of nitrogens with one attached hydrogen (secondary N) is 1. The van der Waals surface area contributed by atoms with E-state index in [0.29, 0.717) is 142 Å². The first-order chi connectivity index (χ1) is 66.6. The number of hydrogen-bond acceptors (Lipinski definition) is 31. The zero-order valence-corrected chi connectivity index (χ0v) is 85.8. The van der Waals surface area contributed by atoms with Gasteiger partial charge in [-0.05, 0) is 150 Å². The van der Waals surface area contributed by atoms with Crippen LogP contribution in [0.3, 0.4) is 0 Å². The molecule has 0 radical (unpaired) electrons. The fraction of sp³-hybridized carbons (Fsp3) is 0.769. The number of hydrazone groups is 1. The number of nitrogens with zero attached hydrogens (tertiary/aromatic N) is 4. The second-order valence-electron chi connectivity index (χ2n) is 42.1. The van der Waals surface area contributed by atoms with Crippen molar-refractivity contribution in [2.24, 2.45) is 52.4 Å². The molecule has 16 rings (SSSR count). The van der Waals surface area contributed by atoms with Crippen LogP contribution in [0.1, 0.15) is 213 Å². The molecule has 14 heterocycles. The first-order valence-electron chi connectivity index (χ1n) is 50.8. The number of allylic oxidation sites excluding steroid dienone is 4. The molecule has 784 valence electrons. The number of ether oxygens (including phenoxy) is 20. The van der Waals surface area contributed by atoms with Gasteiger partial charge in [0, 0.05) is 130 Å². The smallest absolute Gasteiger partial charge is 0.316 e. The topological polar surface area (TPSA) is 424 Å². The molecule has 0 saturated carbocycles. The summed E-state index contributed by atoms with van der Waals surface area (Å²) in [6.45, 7) is 34.3. The molecule has 1 aromatic rings. The van der Waals surface area contributed by atoms with Gasteiger partial charge in [0.2, 0.25) is 0 Å². The van der Waals surface area contributed by atoms with Crippen molar-refractivity contribution in [2.75, 3.05) is 54.7 Å². The van der Waals surface area contributed by atoms with Crippen LogP contribution in [0.4, 0.5) is 0 Å². The van der Waals surface area contributed by atoms with Gasteiger partial charge < -0.3 is 136 Å². The lowest BCUT2D eigenvalue weighted by Gasteiger charge is -2.51. The van der Waals surface area contributed by atoms with Gasteiger partial charge in [-0.2, -0.15) is 0 Å². The number of nitro groups is 1. The van der Waals surface area contributed by atoms with Gasteiger partial charge in [0.15, 0.2) is 41.8 Å². The summed E-state index contributed by atoms with van der Waals surface area (Å²) in [5.74, 6) is -3.97. The Hall–Kier alpha value is -5.99. The number of rotatable bonds is 18. The summed E-state index contributed by atoms with van der Waals surface area (Å²) < 4.78 is 128. The van der Waals surface area contributed by atoms with Crippen molar-refractivity contribution in [3.63, 3.8) is 0 Å². The molecule has 5 unspecified atom stereocenters. The minimum absolute atomic E-state index is 0.00708. The second-order valence-corrected chi connectivity index (χ2v) is 42.4. The number of hydrogen-bond donors (Lipinski definition) is 7. The van der Waals surface area contributed by atoms with E-state index in [-0.39, 0.29) is 73.6 Å². The molecule has 7 N–H and O–H groups in total. The number of methoxy groups -OCH3 is 4. The summed E-state index contributed by atoms with van der Waals surface area (Å²) in [5.41, 5.74) is 1.30. The Morgan fingerprint density at radius 3 is 1.43 bits per heavy atom. The van der Waals surface area contributed by atoms with Crippen LogP contribution in [-0.4, -0.2) is 313 Å². The summed E-state index contributed by atoms with van der Waals surface area (Å²) in [6, 6.07) is 3.52. The monoisotopic (exact) mass is 1990 g/mol. The molecule has 35 nitrogen and oxygen atoms in total. The molecule has 2 spiro atoms. The lowest BCUT2D eigenvalue weighted by molar-refractivity contribution is -0.485. The Morgan fingerprint density at radius 1 is 0.579 bits per heavy atom. The van der Waals surface area contributed by atoms with Crippen molar-refractivity contribution in [3.05, 3.63) is 133 Å².